The summed E-state index contributed by atoms with van der Waals surface area (Å²) in [6.45, 7) is 2.45. The van der Waals surface area contributed by atoms with E-state index in [2.05, 4.69) is 10.3 Å². The molecule has 0 radical (unpaired) electrons. The Labute approximate surface area is 109 Å². The molecule has 0 aliphatic rings. The summed E-state index contributed by atoms with van der Waals surface area (Å²) >= 11 is 0. The first-order valence-electron chi connectivity index (χ1n) is 5.61. The molecular weight excluding hydrogens is 250 g/mol. The SMILES string of the molecule is CCN(CCC#N)C(=O)Nc1ccncc1[N+](=O)[O-]. The topological polar surface area (TPSA) is 112 Å². The fraction of sp³-hybridized carbons (Fsp3) is 0.364. The highest BCUT2D eigenvalue weighted by molar-refractivity contribution is 5.91. The molecule has 1 heterocycles. The van der Waals surface area contributed by atoms with Crippen molar-refractivity contribution in [1.82, 2.24) is 9.88 Å². The molecule has 0 bridgehead atoms. The van der Waals surface area contributed by atoms with Crippen LogP contribution in [0.1, 0.15) is 13.3 Å². The number of nitriles is 1. The first kappa shape index (κ1) is 14.4. The largest absolute Gasteiger partial charge is 0.324 e. The number of pyridine rings is 1. The quantitative estimate of drug-likeness (QED) is 0.642. The van der Waals surface area contributed by atoms with Crippen LogP contribution >= 0.6 is 0 Å². The number of anilines is 1. The van der Waals surface area contributed by atoms with Gasteiger partial charge in [0.15, 0.2) is 0 Å². The molecule has 0 fully saturated rings. The lowest BCUT2D eigenvalue weighted by atomic mass is 10.3. The monoisotopic (exact) mass is 263 g/mol. The number of carbonyl (C=O) groups is 1. The van der Waals surface area contributed by atoms with E-state index in [4.69, 9.17) is 5.26 Å². The molecule has 1 N–H and O–H groups in total. The highest BCUT2D eigenvalue weighted by Gasteiger charge is 2.18. The van der Waals surface area contributed by atoms with Gasteiger partial charge in [-0.2, -0.15) is 5.26 Å². The van der Waals surface area contributed by atoms with Gasteiger partial charge in [-0.15, -0.1) is 0 Å². The second kappa shape index (κ2) is 6.90. The van der Waals surface area contributed by atoms with Crippen LogP contribution in [0.15, 0.2) is 18.5 Å². The van der Waals surface area contributed by atoms with Crippen molar-refractivity contribution in [2.24, 2.45) is 0 Å². The molecule has 0 spiro atoms. The van der Waals surface area contributed by atoms with E-state index in [0.717, 1.165) is 6.20 Å². The third kappa shape index (κ3) is 3.92. The second-order valence-electron chi connectivity index (χ2n) is 3.57. The Balaban J connectivity index is 2.81. The number of nitrogens with one attached hydrogen (secondary N) is 1. The Morgan fingerprint density at radius 3 is 3.00 bits per heavy atom. The number of nitro groups is 1. The van der Waals surface area contributed by atoms with Gasteiger partial charge in [0.2, 0.25) is 0 Å². The van der Waals surface area contributed by atoms with Crippen molar-refractivity contribution < 1.29 is 9.72 Å². The molecule has 0 unspecified atom stereocenters. The first-order chi connectivity index (χ1) is 9.10. The second-order valence-corrected chi connectivity index (χ2v) is 3.57. The van der Waals surface area contributed by atoms with Crippen molar-refractivity contribution in [3.63, 3.8) is 0 Å². The van der Waals surface area contributed by atoms with Crippen LogP contribution in [-0.2, 0) is 0 Å². The number of carbonyl (C=O) groups excluding carboxylic acids is 1. The maximum absolute atomic E-state index is 11.9. The Morgan fingerprint density at radius 1 is 1.68 bits per heavy atom. The molecule has 100 valence electrons. The van der Waals surface area contributed by atoms with Gasteiger partial charge in [0.1, 0.15) is 11.9 Å². The molecule has 1 aromatic heterocycles. The maximum Gasteiger partial charge on any atom is 0.322 e. The number of urea groups is 1. The van der Waals surface area contributed by atoms with Crippen LogP contribution < -0.4 is 5.32 Å². The molecule has 1 rings (SSSR count). The minimum Gasteiger partial charge on any atom is -0.324 e. The molecule has 0 saturated carbocycles. The lowest BCUT2D eigenvalue weighted by Crippen LogP contribution is -2.35. The summed E-state index contributed by atoms with van der Waals surface area (Å²) in [7, 11) is 0. The van der Waals surface area contributed by atoms with Crippen LogP contribution in [0, 0.1) is 21.4 Å². The number of aromatic nitrogens is 1. The van der Waals surface area contributed by atoms with Crippen LogP contribution in [0.25, 0.3) is 0 Å². The zero-order valence-electron chi connectivity index (χ0n) is 10.4. The van der Waals surface area contributed by atoms with Crippen molar-refractivity contribution >= 4 is 17.4 Å². The van der Waals surface area contributed by atoms with Crippen molar-refractivity contribution in [2.75, 3.05) is 18.4 Å². The lowest BCUT2D eigenvalue weighted by Gasteiger charge is -2.19. The van der Waals surface area contributed by atoms with Gasteiger partial charge in [0.05, 0.1) is 17.4 Å². The number of hydrogen-bond donors (Lipinski definition) is 1. The summed E-state index contributed by atoms with van der Waals surface area (Å²) in [5, 5.41) is 21.7. The van der Waals surface area contributed by atoms with E-state index in [-0.39, 0.29) is 24.3 Å². The van der Waals surface area contributed by atoms with Crippen molar-refractivity contribution in [3.05, 3.63) is 28.6 Å². The minimum atomic E-state index is -0.617. The summed E-state index contributed by atoms with van der Waals surface area (Å²) in [6.07, 6.45) is 2.63. The molecule has 2 amide bonds. The molecule has 8 heteroatoms. The van der Waals surface area contributed by atoms with Crippen LogP contribution in [0.2, 0.25) is 0 Å². The van der Waals surface area contributed by atoms with E-state index in [1.165, 1.54) is 17.2 Å². The predicted molar refractivity (Wildman–Crippen MR) is 67.4 cm³/mol. The molecule has 0 aromatic carbocycles. The van der Waals surface area contributed by atoms with E-state index in [1.807, 2.05) is 6.07 Å². The standard InChI is InChI=1S/C11H13N5O3/c1-2-15(7-3-5-12)11(17)14-9-4-6-13-8-10(9)16(18)19/h4,6,8H,2-3,7H2,1H3,(H,13,14,17). The molecule has 19 heavy (non-hydrogen) atoms. The Kier molecular flexibility index (Phi) is 5.22. The van der Waals surface area contributed by atoms with Crippen LogP contribution in [0.4, 0.5) is 16.2 Å². The third-order valence-corrected chi connectivity index (χ3v) is 2.40. The van der Waals surface area contributed by atoms with Crippen LogP contribution in [0.3, 0.4) is 0 Å². The van der Waals surface area contributed by atoms with E-state index < -0.39 is 11.0 Å². The first-order valence-corrected chi connectivity index (χ1v) is 5.61. The molecule has 0 saturated heterocycles. The summed E-state index contributed by atoms with van der Waals surface area (Å²) in [6, 6.07) is 2.82. The van der Waals surface area contributed by atoms with E-state index >= 15 is 0 Å². The normalized spacial score (nSPS) is 9.47. The highest BCUT2D eigenvalue weighted by Crippen LogP contribution is 2.22. The van der Waals surface area contributed by atoms with E-state index in [0.29, 0.717) is 6.54 Å². The van der Waals surface area contributed by atoms with Gasteiger partial charge in [0, 0.05) is 19.3 Å². The summed E-state index contributed by atoms with van der Waals surface area (Å²) in [4.78, 5) is 27.1. The zero-order chi connectivity index (χ0) is 14.3. The van der Waals surface area contributed by atoms with Gasteiger partial charge in [-0.3, -0.25) is 15.1 Å². The Morgan fingerprint density at radius 2 is 2.42 bits per heavy atom. The number of hydrogen-bond acceptors (Lipinski definition) is 5. The Bertz CT molecular complexity index is 511. The fourth-order valence-corrected chi connectivity index (χ4v) is 1.42. The number of nitrogens with zero attached hydrogens (tertiary/aromatic N) is 4. The molecule has 0 aliphatic carbocycles. The fourth-order valence-electron chi connectivity index (χ4n) is 1.42. The highest BCUT2D eigenvalue weighted by atomic mass is 16.6. The minimum absolute atomic E-state index is 0.0837. The molecule has 0 atom stereocenters. The summed E-state index contributed by atoms with van der Waals surface area (Å²) in [5.74, 6) is 0. The lowest BCUT2D eigenvalue weighted by molar-refractivity contribution is -0.384. The number of rotatable bonds is 5. The van der Waals surface area contributed by atoms with Crippen LogP contribution in [0.5, 0.6) is 0 Å². The maximum atomic E-state index is 11.9. The van der Waals surface area contributed by atoms with Gasteiger partial charge in [0.25, 0.3) is 0 Å². The third-order valence-electron chi connectivity index (χ3n) is 2.40. The van der Waals surface area contributed by atoms with Gasteiger partial charge in [-0.25, -0.2) is 4.79 Å². The summed E-state index contributed by atoms with van der Waals surface area (Å²) in [5.41, 5.74) is -0.187. The number of amides is 2. The van der Waals surface area contributed by atoms with Gasteiger partial charge in [-0.1, -0.05) is 0 Å². The van der Waals surface area contributed by atoms with Gasteiger partial charge < -0.3 is 10.2 Å². The van der Waals surface area contributed by atoms with Gasteiger partial charge in [-0.05, 0) is 13.0 Å². The molecule has 8 nitrogen and oxygen atoms in total. The zero-order valence-corrected chi connectivity index (χ0v) is 10.4. The smallest absolute Gasteiger partial charge is 0.322 e. The Hall–Kier alpha value is -2.69. The predicted octanol–water partition coefficient (Wildman–Crippen LogP) is 1.76. The summed E-state index contributed by atoms with van der Waals surface area (Å²) < 4.78 is 0. The molecule has 0 aliphatic heterocycles. The van der Waals surface area contributed by atoms with Crippen molar-refractivity contribution in [3.8, 4) is 6.07 Å². The molecular formula is C11H13N5O3. The van der Waals surface area contributed by atoms with Crippen molar-refractivity contribution in [2.45, 2.75) is 13.3 Å². The van der Waals surface area contributed by atoms with Gasteiger partial charge >= 0.3 is 11.7 Å². The average molecular weight is 263 g/mol. The molecule has 1 aromatic rings. The van der Waals surface area contributed by atoms with E-state index in [1.54, 1.807) is 6.92 Å². The van der Waals surface area contributed by atoms with E-state index in [9.17, 15) is 14.9 Å². The van der Waals surface area contributed by atoms with Crippen LogP contribution in [-0.4, -0.2) is 33.9 Å². The van der Waals surface area contributed by atoms with Crippen molar-refractivity contribution in [1.29, 1.82) is 5.26 Å². The average Bonchev–Trinajstić information content (AvgIpc) is 2.40.